The first-order chi connectivity index (χ1) is 7.18. The fourth-order valence-corrected chi connectivity index (χ4v) is 1.34. The van der Waals surface area contributed by atoms with E-state index in [0.717, 1.165) is 6.07 Å². The summed E-state index contributed by atoms with van der Waals surface area (Å²) in [5, 5.41) is 20.0. The Kier molecular flexibility index (Phi) is 2.13. The summed E-state index contributed by atoms with van der Waals surface area (Å²) in [7, 11) is 0. The van der Waals surface area contributed by atoms with Crippen molar-refractivity contribution in [3.8, 4) is 11.4 Å². The van der Waals surface area contributed by atoms with Crippen LogP contribution in [-0.4, -0.2) is 14.6 Å². The van der Waals surface area contributed by atoms with Crippen molar-refractivity contribution in [2.75, 3.05) is 0 Å². The van der Waals surface area contributed by atoms with Crippen LogP contribution in [0.1, 0.15) is 0 Å². The number of aromatic hydroxyl groups is 1. The number of non-ortho nitro benzene ring substituents is 1. The van der Waals surface area contributed by atoms with Crippen LogP contribution < -0.4 is 0 Å². The average Bonchev–Trinajstić information content (AvgIpc) is 2.70. The van der Waals surface area contributed by atoms with Gasteiger partial charge in [0.2, 0.25) is 0 Å². The van der Waals surface area contributed by atoms with Crippen molar-refractivity contribution in [1.29, 1.82) is 0 Å². The summed E-state index contributed by atoms with van der Waals surface area (Å²) in [5.74, 6) is -0.111. The SMILES string of the molecule is O=[N+]([O-])c1ccc(-n2cccc2)c(O)c1. The molecule has 0 fully saturated rings. The highest BCUT2D eigenvalue weighted by molar-refractivity contribution is 5.52. The molecule has 0 unspecified atom stereocenters. The molecule has 76 valence electrons. The second-order valence-corrected chi connectivity index (χ2v) is 3.02. The molecule has 0 aliphatic rings. The van der Waals surface area contributed by atoms with Gasteiger partial charge >= 0.3 is 0 Å². The number of aromatic nitrogens is 1. The molecular formula is C10H8N2O3. The van der Waals surface area contributed by atoms with Gasteiger partial charge in [-0.25, -0.2) is 0 Å². The summed E-state index contributed by atoms with van der Waals surface area (Å²) in [4.78, 5) is 9.90. The lowest BCUT2D eigenvalue weighted by atomic mass is 10.2. The summed E-state index contributed by atoms with van der Waals surface area (Å²) in [6.45, 7) is 0. The van der Waals surface area contributed by atoms with Gasteiger partial charge in [-0.1, -0.05) is 0 Å². The Hall–Kier alpha value is -2.30. The van der Waals surface area contributed by atoms with E-state index < -0.39 is 4.92 Å². The Morgan fingerprint density at radius 2 is 1.93 bits per heavy atom. The van der Waals surface area contributed by atoms with Crippen molar-refractivity contribution in [1.82, 2.24) is 4.57 Å². The lowest BCUT2D eigenvalue weighted by molar-refractivity contribution is -0.384. The predicted molar refractivity (Wildman–Crippen MR) is 54.1 cm³/mol. The smallest absolute Gasteiger partial charge is 0.273 e. The Morgan fingerprint density at radius 1 is 1.27 bits per heavy atom. The lowest BCUT2D eigenvalue weighted by Gasteiger charge is -2.04. The number of hydrogen-bond donors (Lipinski definition) is 1. The summed E-state index contributed by atoms with van der Waals surface area (Å²) in [6, 6.07) is 7.61. The molecule has 2 rings (SSSR count). The molecule has 0 aliphatic heterocycles. The van der Waals surface area contributed by atoms with E-state index in [4.69, 9.17) is 0 Å². The van der Waals surface area contributed by atoms with Crippen molar-refractivity contribution in [2.45, 2.75) is 0 Å². The first kappa shape index (κ1) is 9.26. The van der Waals surface area contributed by atoms with Crippen LogP contribution in [0.2, 0.25) is 0 Å². The fourth-order valence-electron chi connectivity index (χ4n) is 1.34. The van der Waals surface area contributed by atoms with Gasteiger partial charge < -0.3 is 9.67 Å². The third kappa shape index (κ3) is 1.67. The van der Waals surface area contributed by atoms with Crippen molar-refractivity contribution in [3.05, 3.63) is 52.8 Å². The van der Waals surface area contributed by atoms with Crippen LogP contribution in [0.25, 0.3) is 5.69 Å². The quantitative estimate of drug-likeness (QED) is 0.601. The molecule has 1 N–H and O–H groups in total. The normalized spacial score (nSPS) is 10.1. The molecule has 0 amide bonds. The molecule has 0 atom stereocenters. The number of nitro groups is 1. The lowest BCUT2D eigenvalue weighted by Crippen LogP contribution is -1.92. The summed E-state index contributed by atoms with van der Waals surface area (Å²) >= 11 is 0. The van der Waals surface area contributed by atoms with Crippen molar-refractivity contribution >= 4 is 5.69 Å². The maximum absolute atomic E-state index is 10.4. The van der Waals surface area contributed by atoms with Gasteiger partial charge in [0.05, 0.1) is 16.7 Å². The highest BCUT2D eigenvalue weighted by Gasteiger charge is 2.10. The minimum Gasteiger partial charge on any atom is -0.505 e. The Bertz CT molecular complexity index is 491. The largest absolute Gasteiger partial charge is 0.505 e. The number of rotatable bonds is 2. The van der Waals surface area contributed by atoms with Crippen LogP contribution in [0.5, 0.6) is 5.75 Å². The maximum Gasteiger partial charge on any atom is 0.273 e. The van der Waals surface area contributed by atoms with E-state index in [-0.39, 0.29) is 11.4 Å². The molecule has 1 heterocycles. The Morgan fingerprint density at radius 3 is 2.47 bits per heavy atom. The second-order valence-electron chi connectivity index (χ2n) is 3.02. The summed E-state index contributed by atoms with van der Waals surface area (Å²) in [6.07, 6.45) is 3.50. The van der Waals surface area contributed by atoms with E-state index in [1.807, 2.05) is 0 Å². The molecule has 0 spiro atoms. The van der Waals surface area contributed by atoms with Gasteiger partial charge in [-0.3, -0.25) is 10.1 Å². The topological polar surface area (TPSA) is 68.3 Å². The molecule has 0 bridgehead atoms. The zero-order valence-corrected chi connectivity index (χ0v) is 7.70. The monoisotopic (exact) mass is 204 g/mol. The van der Waals surface area contributed by atoms with Gasteiger partial charge in [0.1, 0.15) is 5.75 Å². The van der Waals surface area contributed by atoms with Crippen LogP contribution in [0.3, 0.4) is 0 Å². The van der Waals surface area contributed by atoms with Gasteiger partial charge in [0, 0.05) is 18.5 Å². The Balaban J connectivity index is 2.48. The van der Waals surface area contributed by atoms with E-state index in [1.165, 1.54) is 12.1 Å². The van der Waals surface area contributed by atoms with Crippen LogP contribution in [0, 0.1) is 10.1 Å². The molecule has 0 saturated heterocycles. The standard InChI is InChI=1S/C10H8N2O3/c13-10-7-8(12(14)15)3-4-9(10)11-5-1-2-6-11/h1-7,13H. The van der Waals surface area contributed by atoms with Gasteiger partial charge in [0.15, 0.2) is 0 Å². The van der Waals surface area contributed by atoms with Crippen LogP contribution in [0.15, 0.2) is 42.7 Å². The average molecular weight is 204 g/mol. The molecule has 0 aliphatic carbocycles. The van der Waals surface area contributed by atoms with Crippen LogP contribution in [0.4, 0.5) is 5.69 Å². The number of phenols is 1. The zero-order valence-electron chi connectivity index (χ0n) is 7.70. The first-order valence-corrected chi connectivity index (χ1v) is 4.29. The van der Waals surface area contributed by atoms with Crippen molar-refractivity contribution in [2.24, 2.45) is 0 Å². The van der Waals surface area contributed by atoms with Gasteiger partial charge in [-0.2, -0.15) is 0 Å². The minimum atomic E-state index is -0.542. The fraction of sp³-hybridized carbons (Fsp3) is 0. The van der Waals surface area contributed by atoms with Gasteiger partial charge in [-0.05, 0) is 18.2 Å². The Labute approximate surface area is 85.4 Å². The van der Waals surface area contributed by atoms with E-state index in [0.29, 0.717) is 5.69 Å². The zero-order chi connectivity index (χ0) is 10.8. The molecule has 0 saturated carbocycles. The van der Waals surface area contributed by atoms with Crippen molar-refractivity contribution in [3.63, 3.8) is 0 Å². The van der Waals surface area contributed by atoms with E-state index in [1.54, 1.807) is 29.1 Å². The van der Waals surface area contributed by atoms with Crippen molar-refractivity contribution < 1.29 is 10.0 Å². The number of benzene rings is 1. The number of phenolic OH excluding ortho intramolecular Hbond substituents is 1. The maximum atomic E-state index is 10.4. The van der Waals surface area contributed by atoms with E-state index in [9.17, 15) is 15.2 Å². The van der Waals surface area contributed by atoms with Crippen LogP contribution in [-0.2, 0) is 0 Å². The molecule has 1 aromatic carbocycles. The van der Waals surface area contributed by atoms with Crippen LogP contribution >= 0.6 is 0 Å². The van der Waals surface area contributed by atoms with Gasteiger partial charge in [-0.15, -0.1) is 0 Å². The molecule has 2 aromatic rings. The first-order valence-electron chi connectivity index (χ1n) is 4.29. The summed E-state index contributed by atoms with van der Waals surface area (Å²) < 4.78 is 1.68. The highest BCUT2D eigenvalue weighted by atomic mass is 16.6. The van der Waals surface area contributed by atoms with E-state index >= 15 is 0 Å². The minimum absolute atomic E-state index is 0.111. The second kappa shape index (κ2) is 3.45. The predicted octanol–water partition coefficient (Wildman–Crippen LogP) is 2.09. The molecule has 15 heavy (non-hydrogen) atoms. The third-order valence-electron chi connectivity index (χ3n) is 2.05. The van der Waals surface area contributed by atoms with E-state index in [2.05, 4.69) is 0 Å². The molecule has 0 radical (unpaired) electrons. The highest BCUT2D eigenvalue weighted by Crippen LogP contribution is 2.26. The van der Waals surface area contributed by atoms with Gasteiger partial charge in [0.25, 0.3) is 5.69 Å². The molecule has 5 heteroatoms. The number of nitro benzene ring substituents is 1. The third-order valence-corrected chi connectivity index (χ3v) is 2.05. The molecular weight excluding hydrogens is 196 g/mol. The number of hydrogen-bond acceptors (Lipinski definition) is 3. The molecule has 1 aromatic heterocycles. The molecule has 5 nitrogen and oxygen atoms in total. The summed E-state index contributed by atoms with van der Waals surface area (Å²) in [5.41, 5.74) is 0.397. The number of nitrogens with zero attached hydrogens (tertiary/aromatic N) is 2.